The number of thiazole rings is 1. The maximum absolute atomic E-state index is 12.5. The van der Waals surface area contributed by atoms with Crippen molar-refractivity contribution in [2.75, 3.05) is 20.2 Å². The molecule has 2 N–H and O–H groups in total. The number of amides is 1. The summed E-state index contributed by atoms with van der Waals surface area (Å²) in [4.78, 5) is 19.2. The number of carbonyl (C=O) groups excluding carboxylic acids is 1. The summed E-state index contributed by atoms with van der Waals surface area (Å²) in [5.74, 6) is 0.110. The van der Waals surface area contributed by atoms with E-state index in [4.69, 9.17) is 15.5 Å². The molecule has 22 heavy (non-hydrogen) atoms. The topological polar surface area (TPSA) is 68.5 Å². The zero-order valence-corrected chi connectivity index (χ0v) is 13.5. The Balaban J connectivity index is 1.79. The number of benzene rings is 1. The van der Waals surface area contributed by atoms with Gasteiger partial charge < -0.3 is 15.4 Å². The monoisotopic (exact) mass is 319 g/mol. The lowest BCUT2D eigenvalue weighted by molar-refractivity contribution is -0.134. The van der Waals surface area contributed by atoms with Gasteiger partial charge in [-0.25, -0.2) is 4.98 Å². The van der Waals surface area contributed by atoms with Crippen LogP contribution < -0.4 is 5.73 Å². The Bertz CT molecular complexity index is 621. The molecule has 0 bridgehead atoms. The van der Waals surface area contributed by atoms with Crippen molar-refractivity contribution in [2.45, 2.75) is 31.4 Å². The van der Waals surface area contributed by atoms with E-state index in [1.807, 2.05) is 23.1 Å². The second-order valence-corrected chi connectivity index (χ2v) is 6.62. The summed E-state index contributed by atoms with van der Waals surface area (Å²) in [7, 11) is 1.60. The molecule has 2 unspecified atom stereocenters. The van der Waals surface area contributed by atoms with Crippen LogP contribution in [0.4, 0.5) is 0 Å². The summed E-state index contributed by atoms with van der Waals surface area (Å²) in [5, 5.41) is 1.04. The number of likely N-dealkylation sites (tertiary alicyclic amines) is 1. The first kappa shape index (κ1) is 15.4. The number of aromatic nitrogens is 1. The van der Waals surface area contributed by atoms with Gasteiger partial charge in [-0.05, 0) is 25.0 Å². The van der Waals surface area contributed by atoms with Crippen molar-refractivity contribution in [1.82, 2.24) is 9.88 Å². The Morgan fingerprint density at radius 3 is 3.09 bits per heavy atom. The normalized spacial score (nSPS) is 19.7. The van der Waals surface area contributed by atoms with Gasteiger partial charge in [-0.1, -0.05) is 12.1 Å². The first-order chi connectivity index (χ1) is 10.7. The molecule has 1 amide bonds. The third-order valence-electron chi connectivity index (χ3n) is 4.17. The molecule has 1 aromatic carbocycles. The van der Waals surface area contributed by atoms with E-state index in [9.17, 15) is 4.79 Å². The number of para-hydroxylation sites is 1. The molecule has 1 aliphatic rings. The molecule has 1 saturated heterocycles. The molecule has 1 aromatic heterocycles. The summed E-state index contributed by atoms with van der Waals surface area (Å²) < 4.78 is 6.41. The minimum absolute atomic E-state index is 0.0974. The van der Waals surface area contributed by atoms with E-state index in [0.717, 1.165) is 29.9 Å². The molecular formula is C16H21N3O2S. The Morgan fingerprint density at radius 2 is 2.36 bits per heavy atom. The molecule has 118 valence electrons. The van der Waals surface area contributed by atoms with E-state index < -0.39 is 0 Å². The number of fused-ring (bicyclic) bond motifs is 1. The summed E-state index contributed by atoms with van der Waals surface area (Å²) in [6.07, 6.45) is 2.14. The fourth-order valence-electron chi connectivity index (χ4n) is 2.93. The summed E-state index contributed by atoms with van der Waals surface area (Å²) >= 11 is 1.69. The van der Waals surface area contributed by atoms with Crippen LogP contribution >= 0.6 is 11.3 Å². The van der Waals surface area contributed by atoms with Gasteiger partial charge in [0.25, 0.3) is 0 Å². The lowest BCUT2D eigenvalue weighted by atomic mass is 10.2. The molecule has 3 rings (SSSR count). The molecule has 1 aliphatic heterocycles. The Kier molecular flexibility index (Phi) is 4.71. The van der Waals surface area contributed by atoms with Crippen LogP contribution in [0.25, 0.3) is 10.2 Å². The molecule has 1 fully saturated rings. The van der Waals surface area contributed by atoms with Gasteiger partial charge in [0.2, 0.25) is 5.91 Å². The third kappa shape index (κ3) is 2.99. The SMILES string of the molecule is COC(CN)CC(=O)N1CCCC1c1nc2ccccc2s1. The van der Waals surface area contributed by atoms with Crippen molar-refractivity contribution in [2.24, 2.45) is 5.73 Å². The molecule has 2 atom stereocenters. The van der Waals surface area contributed by atoms with E-state index in [1.165, 1.54) is 4.70 Å². The first-order valence-electron chi connectivity index (χ1n) is 7.60. The predicted molar refractivity (Wildman–Crippen MR) is 87.8 cm³/mol. The quantitative estimate of drug-likeness (QED) is 0.918. The van der Waals surface area contributed by atoms with E-state index in [-0.39, 0.29) is 18.1 Å². The number of hydrogen-bond donors (Lipinski definition) is 1. The highest BCUT2D eigenvalue weighted by atomic mass is 32.1. The van der Waals surface area contributed by atoms with Crippen LogP contribution in [0.5, 0.6) is 0 Å². The van der Waals surface area contributed by atoms with Crippen molar-refractivity contribution in [1.29, 1.82) is 0 Å². The Hall–Kier alpha value is -1.50. The maximum atomic E-state index is 12.5. The van der Waals surface area contributed by atoms with Gasteiger partial charge in [-0.15, -0.1) is 11.3 Å². The lowest BCUT2D eigenvalue weighted by Gasteiger charge is -2.25. The lowest BCUT2D eigenvalue weighted by Crippen LogP contribution is -2.35. The summed E-state index contributed by atoms with van der Waals surface area (Å²) in [5.41, 5.74) is 6.63. The minimum atomic E-state index is -0.205. The number of ether oxygens (including phenoxy) is 1. The number of hydrogen-bond acceptors (Lipinski definition) is 5. The highest BCUT2D eigenvalue weighted by Crippen LogP contribution is 2.36. The van der Waals surface area contributed by atoms with Crippen LogP contribution in [0.3, 0.4) is 0 Å². The van der Waals surface area contributed by atoms with Gasteiger partial charge in [-0.2, -0.15) is 0 Å². The highest BCUT2D eigenvalue weighted by Gasteiger charge is 2.32. The fourth-order valence-corrected chi connectivity index (χ4v) is 4.04. The van der Waals surface area contributed by atoms with Gasteiger partial charge in [-0.3, -0.25) is 4.79 Å². The second-order valence-electron chi connectivity index (χ2n) is 5.56. The van der Waals surface area contributed by atoms with E-state index >= 15 is 0 Å². The van der Waals surface area contributed by atoms with Crippen LogP contribution in [-0.2, 0) is 9.53 Å². The van der Waals surface area contributed by atoms with Crippen molar-refractivity contribution in [3.8, 4) is 0 Å². The van der Waals surface area contributed by atoms with Crippen LogP contribution in [0.1, 0.15) is 30.3 Å². The van der Waals surface area contributed by atoms with Crippen LogP contribution in [0.2, 0.25) is 0 Å². The highest BCUT2D eigenvalue weighted by molar-refractivity contribution is 7.18. The number of methoxy groups -OCH3 is 1. The van der Waals surface area contributed by atoms with Crippen LogP contribution in [0.15, 0.2) is 24.3 Å². The average molecular weight is 319 g/mol. The molecule has 0 radical (unpaired) electrons. The number of rotatable bonds is 5. The largest absolute Gasteiger partial charge is 0.380 e. The molecule has 2 heterocycles. The Labute approximate surface area is 134 Å². The van der Waals surface area contributed by atoms with Crippen molar-refractivity contribution in [3.05, 3.63) is 29.3 Å². The third-order valence-corrected chi connectivity index (χ3v) is 5.30. The van der Waals surface area contributed by atoms with Crippen LogP contribution in [0, 0.1) is 0 Å². The molecule has 0 spiro atoms. The maximum Gasteiger partial charge on any atom is 0.225 e. The zero-order chi connectivity index (χ0) is 15.5. The number of nitrogens with two attached hydrogens (primary N) is 1. The zero-order valence-electron chi connectivity index (χ0n) is 12.7. The van der Waals surface area contributed by atoms with E-state index in [2.05, 4.69) is 6.07 Å². The van der Waals surface area contributed by atoms with Crippen molar-refractivity contribution in [3.63, 3.8) is 0 Å². The molecule has 0 aliphatic carbocycles. The number of carbonyl (C=O) groups is 1. The Morgan fingerprint density at radius 1 is 1.55 bits per heavy atom. The van der Waals surface area contributed by atoms with Crippen LogP contribution in [-0.4, -0.2) is 42.1 Å². The van der Waals surface area contributed by atoms with E-state index in [0.29, 0.717) is 13.0 Å². The van der Waals surface area contributed by atoms with E-state index in [1.54, 1.807) is 18.4 Å². The molecular weight excluding hydrogens is 298 g/mol. The van der Waals surface area contributed by atoms with Gasteiger partial charge in [0, 0.05) is 20.2 Å². The smallest absolute Gasteiger partial charge is 0.225 e. The summed E-state index contributed by atoms with van der Waals surface area (Å²) in [6, 6.07) is 8.21. The van der Waals surface area contributed by atoms with Gasteiger partial charge >= 0.3 is 0 Å². The van der Waals surface area contributed by atoms with Crippen molar-refractivity contribution < 1.29 is 9.53 Å². The molecule has 5 nitrogen and oxygen atoms in total. The van der Waals surface area contributed by atoms with Gasteiger partial charge in [0.1, 0.15) is 5.01 Å². The molecule has 2 aromatic rings. The summed E-state index contributed by atoms with van der Waals surface area (Å²) in [6.45, 7) is 1.16. The first-order valence-corrected chi connectivity index (χ1v) is 8.42. The van der Waals surface area contributed by atoms with Gasteiger partial charge in [0.15, 0.2) is 0 Å². The van der Waals surface area contributed by atoms with Gasteiger partial charge in [0.05, 0.1) is 28.8 Å². The second kappa shape index (κ2) is 6.73. The average Bonchev–Trinajstić information content (AvgIpc) is 3.17. The fraction of sp³-hybridized carbons (Fsp3) is 0.500. The standard InChI is InChI=1S/C16H21N3O2S/c1-21-11(10-17)9-15(20)19-8-4-6-13(19)16-18-12-5-2-3-7-14(12)22-16/h2-3,5,7,11,13H,4,6,8-10,17H2,1H3. The number of nitrogens with zero attached hydrogens (tertiary/aromatic N) is 2. The molecule has 6 heteroatoms. The molecule has 0 saturated carbocycles. The minimum Gasteiger partial charge on any atom is -0.380 e. The van der Waals surface area contributed by atoms with Crippen molar-refractivity contribution >= 4 is 27.5 Å². The predicted octanol–water partition coefficient (Wildman–Crippen LogP) is 2.32.